The Hall–Kier alpha value is -3.24. The quantitative estimate of drug-likeness (QED) is 0.217. The van der Waals surface area contributed by atoms with Gasteiger partial charge in [-0.25, -0.2) is 0 Å². The summed E-state index contributed by atoms with van der Waals surface area (Å²) in [5.41, 5.74) is -1.70. The van der Waals surface area contributed by atoms with Crippen LogP contribution < -0.4 is 14.2 Å². The molecule has 9 heteroatoms. The van der Waals surface area contributed by atoms with Gasteiger partial charge in [-0.3, -0.25) is 9.59 Å². The number of aliphatic hydroxyl groups excluding tert-OH is 4. The van der Waals surface area contributed by atoms with Gasteiger partial charge in [0, 0.05) is 6.07 Å². The van der Waals surface area contributed by atoms with Gasteiger partial charge in [0.15, 0.2) is 0 Å². The minimum atomic E-state index is -1.53. The van der Waals surface area contributed by atoms with E-state index in [1.165, 1.54) is 32.0 Å². The number of hydrogen-bond acceptors (Lipinski definition) is 9. The van der Waals surface area contributed by atoms with Crippen LogP contribution in [-0.4, -0.2) is 65.9 Å². The molecule has 0 aromatic heterocycles. The lowest BCUT2D eigenvalue weighted by Crippen LogP contribution is -2.39. The van der Waals surface area contributed by atoms with Gasteiger partial charge in [-0.05, 0) is 49.2 Å². The van der Waals surface area contributed by atoms with E-state index in [0.717, 1.165) is 5.56 Å². The third-order valence-electron chi connectivity index (χ3n) is 5.29. The Kier molecular flexibility index (Phi) is 9.34. The van der Waals surface area contributed by atoms with Crippen LogP contribution in [0.2, 0.25) is 0 Å². The Bertz CT molecular complexity index is 953. The van der Waals surface area contributed by atoms with Gasteiger partial charge in [0.2, 0.25) is 0 Å². The molecule has 0 spiro atoms. The number of rotatable bonds is 11. The molecule has 2 aromatic rings. The molecule has 0 bridgehead atoms. The van der Waals surface area contributed by atoms with Crippen LogP contribution in [0.5, 0.6) is 17.2 Å². The lowest BCUT2D eigenvalue weighted by molar-refractivity contribution is -0.150. The number of esters is 2. The van der Waals surface area contributed by atoms with E-state index in [0.29, 0.717) is 11.3 Å². The highest BCUT2D eigenvalue weighted by atomic mass is 16.6. The van der Waals surface area contributed by atoms with Crippen molar-refractivity contribution in [2.24, 2.45) is 10.8 Å². The van der Waals surface area contributed by atoms with E-state index in [2.05, 4.69) is 0 Å². The molecule has 0 unspecified atom stereocenters. The highest BCUT2D eigenvalue weighted by Gasteiger charge is 2.35. The molecule has 0 aliphatic carbocycles. The predicted molar refractivity (Wildman–Crippen MR) is 124 cm³/mol. The maximum atomic E-state index is 12.5. The maximum Gasteiger partial charge on any atom is 0.321 e. The second kappa shape index (κ2) is 11.8. The molecule has 184 valence electrons. The van der Waals surface area contributed by atoms with Crippen LogP contribution in [0, 0.1) is 10.8 Å². The van der Waals surface area contributed by atoms with Crippen LogP contribution >= 0.6 is 0 Å². The van der Waals surface area contributed by atoms with Gasteiger partial charge in [-0.1, -0.05) is 24.3 Å². The van der Waals surface area contributed by atoms with Crippen molar-refractivity contribution in [2.45, 2.75) is 13.8 Å². The molecule has 0 fully saturated rings. The van der Waals surface area contributed by atoms with Gasteiger partial charge in [-0.15, -0.1) is 0 Å². The molecule has 34 heavy (non-hydrogen) atoms. The summed E-state index contributed by atoms with van der Waals surface area (Å²) in [6.07, 6.45) is 3.48. The number of carbonyl (C=O) groups is 2. The molecule has 0 aliphatic heterocycles. The van der Waals surface area contributed by atoms with Crippen molar-refractivity contribution < 1.29 is 44.2 Å². The van der Waals surface area contributed by atoms with E-state index in [4.69, 9.17) is 14.2 Å². The Morgan fingerprint density at radius 2 is 1.12 bits per heavy atom. The molecule has 0 atom stereocenters. The summed E-state index contributed by atoms with van der Waals surface area (Å²) < 4.78 is 15.8. The summed E-state index contributed by atoms with van der Waals surface area (Å²) in [7, 11) is 1.57. The van der Waals surface area contributed by atoms with Crippen molar-refractivity contribution in [2.75, 3.05) is 33.5 Å². The Morgan fingerprint density at radius 3 is 1.50 bits per heavy atom. The number of carbonyl (C=O) groups excluding carboxylic acids is 2. The van der Waals surface area contributed by atoms with Gasteiger partial charge in [0.1, 0.15) is 28.1 Å². The number of hydrogen-bond donors (Lipinski definition) is 4. The van der Waals surface area contributed by atoms with Crippen molar-refractivity contribution >= 4 is 24.1 Å². The van der Waals surface area contributed by atoms with Gasteiger partial charge in [0.05, 0.1) is 33.5 Å². The lowest BCUT2D eigenvalue weighted by Gasteiger charge is -2.23. The molecule has 4 N–H and O–H groups in total. The molecule has 9 nitrogen and oxygen atoms in total. The van der Waals surface area contributed by atoms with E-state index in [1.807, 2.05) is 12.1 Å². The van der Waals surface area contributed by atoms with Crippen LogP contribution in [0.25, 0.3) is 12.2 Å². The largest absolute Gasteiger partial charge is 0.497 e. The van der Waals surface area contributed by atoms with E-state index in [-0.39, 0.29) is 11.5 Å². The number of aliphatic hydroxyl groups is 4. The smallest absolute Gasteiger partial charge is 0.321 e. The maximum absolute atomic E-state index is 12.5. The zero-order valence-corrected chi connectivity index (χ0v) is 19.4. The first-order valence-corrected chi connectivity index (χ1v) is 10.5. The van der Waals surface area contributed by atoms with Crippen LogP contribution in [-0.2, 0) is 9.59 Å². The second-order valence-electron chi connectivity index (χ2n) is 8.38. The molecule has 0 radical (unpaired) electrons. The average Bonchev–Trinajstić information content (AvgIpc) is 2.86. The topological polar surface area (TPSA) is 143 Å². The minimum absolute atomic E-state index is 0.00695. The number of ether oxygens (including phenoxy) is 3. The van der Waals surface area contributed by atoms with Crippen molar-refractivity contribution in [3.05, 3.63) is 53.6 Å². The van der Waals surface area contributed by atoms with Crippen LogP contribution in [0.1, 0.15) is 25.0 Å². The highest BCUT2D eigenvalue weighted by molar-refractivity contribution is 5.81. The average molecular weight is 475 g/mol. The summed E-state index contributed by atoms with van der Waals surface area (Å²) in [4.78, 5) is 25.0. The third kappa shape index (κ3) is 6.64. The minimum Gasteiger partial charge on any atom is -0.497 e. The fourth-order valence-corrected chi connectivity index (χ4v) is 2.53. The van der Waals surface area contributed by atoms with Gasteiger partial charge >= 0.3 is 11.9 Å². The predicted octanol–water partition coefficient (Wildman–Crippen LogP) is 1.66. The number of benzene rings is 2. The molecule has 0 saturated heterocycles. The summed E-state index contributed by atoms with van der Waals surface area (Å²) in [5, 5.41) is 37.8. The normalized spacial score (nSPS) is 12.0. The zero-order valence-electron chi connectivity index (χ0n) is 19.4. The van der Waals surface area contributed by atoms with E-state index < -0.39 is 49.2 Å². The van der Waals surface area contributed by atoms with Crippen LogP contribution in [0.3, 0.4) is 0 Å². The molecular formula is C25H30O9. The van der Waals surface area contributed by atoms with Crippen LogP contribution in [0.15, 0.2) is 42.5 Å². The van der Waals surface area contributed by atoms with E-state index >= 15 is 0 Å². The summed E-state index contributed by atoms with van der Waals surface area (Å²) in [6.45, 7) is 0.160. The van der Waals surface area contributed by atoms with Crippen molar-refractivity contribution in [1.82, 2.24) is 0 Å². The molecule has 2 aromatic carbocycles. The molecule has 0 heterocycles. The fourth-order valence-electron chi connectivity index (χ4n) is 2.53. The summed E-state index contributed by atoms with van der Waals surface area (Å²) in [5.74, 6) is -1.03. The van der Waals surface area contributed by atoms with Crippen molar-refractivity contribution in [1.29, 1.82) is 0 Å². The summed E-state index contributed by atoms with van der Waals surface area (Å²) in [6, 6.07) is 11.6. The zero-order chi connectivity index (χ0) is 25.4. The van der Waals surface area contributed by atoms with Crippen molar-refractivity contribution in [3.8, 4) is 17.2 Å². The molecule has 0 saturated carbocycles. The fraction of sp³-hybridized carbons (Fsp3) is 0.360. The molecule has 0 amide bonds. The van der Waals surface area contributed by atoms with E-state index in [1.54, 1.807) is 31.4 Å². The van der Waals surface area contributed by atoms with Gasteiger partial charge in [-0.2, -0.15) is 0 Å². The highest BCUT2D eigenvalue weighted by Crippen LogP contribution is 2.29. The summed E-state index contributed by atoms with van der Waals surface area (Å²) >= 11 is 0. The lowest BCUT2D eigenvalue weighted by atomic mass is 9.93. The molecule has 2 rings (SSSR count). The second-order valence-corrected chi connectivity index (χ2v) is 8.38. The first kappa shape index (κ1) is 27.0. The van der Waals surface area contributed by atoms with Crippen molar-refractivity contribution in [3.63, 3.8) is 0 Å². The van der Waals surface area contributed by atoms with Gasteiger partial charge < -0.3 is 34.6 Å². The monoisotopic (exact) mass is 474 g/mol. The van der Waals surface area contributed by atoms with Gasteiger partial charge in [0.25, 0.3) is 0 Å². The Morgan fingerprint density at radius 1 is 0.706 bits per heavy atom. The first-order chi connectivity index (χ1) is 16.1. The Labute approximate surface area is 197 Å². The number of methoxy groups -OCH3 is 1. The third-order valence-corrected chi connectivity index (χ3v) is 5.29. The Balaban J connectivity index is 2.40. The first-order valence-electron chi connectivity index (χ1n) is 10.5. The van der Waals surface area contributed by atoms with Crippen LogP contribution in [0.4, 0.5) is 0 Å². The van der Waals surface area contributed by atoms with E-state index in [9.17, 15) is 30.0 Å². The SMILES string of the molecule is COc1ccc(C=Cc2cc(OC(=O)C(C)(CO)CO)cc(OC(=O)C(C)(CO)CO)c2)cc1. The molecule has 0 aliphatic rings. The standard InChI is InChI=1S/C25H30O9/c1-24(13-26,14-27)22(30)33-20-10-18(5-4-17-6-8-19(32-3)9-7-17)11-21(12-20)34-23(31)25(2,15-28)16-29/h4-12,26-29H,13-16H2,1-3H3. The molecular weight excluding hydrogens is 444 g/mol.